The summed E-state index contributed by atoms with van der Waals surface area (Å²) in [6, 6.07) is 5.71. The van der Waals surface area contributed by atoms with Gasteiger partial charge in [-0.25, -0.2) is 0 Å². The van der Waals surface area contributed by atoms with Gasteiger partial charge in [-0.1, -0.05) is 0 Å². The van der Waals surface area contributed by atoms with Crippen LogP contribution in [0.1, 0.15) is 31.2 Å². The van der Waals surface area contributed by atoms with Gasteiger partial charge in [0.1, 0.15) is 18.4 Å². The number of rotatable bonds is 8. The summed E-state index contributed by atoms with van der Waals surface area (Å²) < 4.78 is 7.22. The number of hydrogen-bond acceptors (Lipinski definition) is 5. The zero-order valence-corrected chi connectivity index (χ0v) is 16.2. The maximum atomic E-state index is 12.4. The average molecular weight is 371 g/mol. The largest absolute Gasteiger partial charge is 0.497 e. The van der Waals surface area contributed by atoms with Crippen molar-refractivity contribution >= 4 is 11.6 Å². The van der Waals surface area contributed by atoms with Crippen LogP contribution in [0.4, 0.5) is 5.69 Å². The monoisotopic (exact) mass is 371 g/mol. The molecule has 2 aromatic rings. The molecule has 1 aliphatic heterocycles. The molecule has 146 valence electrons. The van der Waals surface area contributed by atoms with Crippen molar-refractivity contribution in [2.45, 2.75) is 39.2 Å². The lowest BCUT2D eigenvalue weighted by Crippen LogP contribution is -2.37. The molecule has 7 nitrogen and oxygen atoms in total. The summed E-state index contributed by atoms with van der Waals surface area (Å²) in [5.74, 6) is 1.48. The van der Waals surface area contributed by atoms with Crippen LogP contribution in [-0.4, -0.2) is 52.3 Å². The Kier molecular flexibility index (Phi) is 6.81. The first-order valence-corrected chi connectivity index (χ1v) is 9.63. The number of hydrogen-bond donors (Lipinski definition) is 1. The molecule has 0 unspecified atom stereocenters. The van der Waals surface area contributed by atoms with Crippen LogP contribution in [0.25, 0.3) is 0 Å². The van der Waals surface area contributed by atoms with E-state index in [4.69, 9.17) is 4.74 Å². The summed E-state index contributed by atoms with van der Waals surface area (Å²) in [7, 11) is 1.65. The molecule has 1 saturated heterocycles. The van der Waals surface area contributed by atoms with E-state index >= 15 is 0 Å². The highest BCUT2D eigenvalue weighted by Crippen LogP contribution is 2.23. The third-order valence-electron chi connectivity index (χ3n) is 5.23. The summed E-state index contributed by atoms with van der Waals surface area (Å²) in [5, 5.41) is 10.7. The third-order valence-corrected chi connectivity index (χ3v) is 5.23. The molecule has 0 spiro atoms. The molecule has 0 bridgehead atoms. The van der Waals surface area contributed by atoms with Crippen molar-refractivity contribution in [2.75, 3.05) is 32.1 Å². The van der Waals surface area contributed by atoms with E-state index in [0.717, 1.165) is 49.6 Å². The Hall–Kier alpha value is -2.41. The van der Waals surface area contributed by atoms with E-state index in [0.29, 0.717) is 12.3 Å². The van der Waals surface area contributed by atoms with E-state index in [1.807, 2.05) is 29.7 Å². The van der Waals surface area contributed by atoms with Crippen molar-refractivity contribution in [3.8, 4) is 5.75 Å². The number of aromatic nitrogens is 3. The van der Waals surface area contributed by atoms with Crippen LogP contribution in [-0.2, 0) is 11.3 Å². The Morgan fingerprint density at radius 3 is 2.85 bits per heavy atom. The van der Waals surface area contributed by atoms with Crippen molar-refractivity contribution in [3.05, 3.63) is 36.4 Å². The number of benzene rings is 1. The second-order valence-corrected chi connectivity index (χ2v) is 7.28. The molecule has 2 heterocycles. The van der Waals surface area contributed by atoms with E-state index in [1.165, 1.54) is 12.8 Å². The number of anilines is 1. The lowest BCUT2D eigenvalue weighted by molar-refractivity contribution is -0.116. The number of aryl methyl sites for hydroxylation is 1. The zero-order valence-electron chi connectivity index (χ0n) is 16.2. The number of carbonyl (C=O) groups is 1. The highest BCUT2D eigenvalue weighted by atomic mass is 16.5. The number of nitrogens with zero attached hydrogens (tertiary/aromatic N) is 4. The summed E-state index contributed by atoms with van der Waals surface area (Å²) in [6.07, 6.45) is 7.42. The highest BCUT2D eigenvalue weighted by Gasteiger charge is 2.20. The number of likely N-dealkylation sites (tertiary alicyclic amines) is 1. The van der Waals surface area contributed by atoms with Gasteiger partial charge in [0, 0.05) is 31.7 Å². The topological polar surface area (TPSA) is 72.3 Å². The first-order chi connectivity index (χ1) is 13.1. The second-order valence-electron chi connectivity index (χ2n) is 7.28. The first kappa shape index (κ1) is 19.4. The van der Waals surface area contributed by atoms with E-state index in [2.05, 4.69) is 20.4 Å². The molecule has 1 N–H and O–H groups in total. The van der Waals surface area contributed by atoms with E-state index < -0.39 is 0 Å². The number of ether oxygens (including phenoxy) is 1. The molecular weight excluding hydrogens is 342 g/mol. The van der Waals surface area contributed by atoms with Crippen LogP contribution < -0.4 is 10.1 Å². The summed E-state index contributed by atoms with van der Waals surface area (Å²) in [6.45, 7) is 6.10. The van der Waals surface area contributed by atoms with Gasteiger partial charge < -0.3 is 19.5 Å². The zero-order chi connectivity index (χ0) is 19.1. The van der Waals surface area contributed by atoms with Crippen LogP contribution in [0.3, 0.4) is 0 Å². The molecule has 1 atom stereocenters. The van der Waals surface area contributed by atoms with Gasteiger partial charge >= 0.3 is 0 Å². The fourth-order valence-corrected chi connectivity index (χ4v) is 3.64. The predicted octanol–water partition coefficient (Wildman–Crippen LogP) is 2.73. The molecule has 27 heavy (non-hydrogen) atoms. The van der Waals surface area contributed by atoms with Gasteiger partial charge in [-0.05, 0) is 62.4 Å². The maximum Gasteiger partial charge on any atom is 0.224 e. The number of piperidine rings is 1. The van der Waals surface area contributed by atoms with Crippen molar-refractivity contribution in [1.29, 1.82) is 0 Å². The molecule has 1 amide bonds. The molecule has 0 saturated carbocycles. The van der Waals surface area contributed by atoms with Gasteiger partial charge in [0.2, 0.25) is 5.91 Å². The van der Waals surface area contributed by atoms with Gasteiger partial charge in [0.15, 0.2) is 0 Å². The minimum Gasteiger partial charge on any atom is -0.497 e. The standard InChI is InChI=1S/C20H29N5O2/c1-16-12-18(27-2)6-7-19(16)23-20(26)8-5-17-4-3-9-24(13-17)10-11-25-14-21-22-15-25/h6-7,12,14-15,17H,3-5,8-11,13H2,1-2H3,(H,23,26)/t17-/m1/s1. The number of methoxy groups -OCH3 is 1. The Balaban J connectivity index is 1.41. The average Bonchev–Trinajstić information content (AvgIpc) is 3.20. The first-order valence-electron chi connectivity index (χ1n) is 9.63. The van der Waals surface area contributed by atoms with Crippen LogP contribution in [0.5, 0.6) is 5.75 Å². The van der Waals surface area contributed by atoms with Gasteiger partial charge in [-0.15, -0.1) is 10.2 Å². The molecule has 0 aliphatic carbocycles. The molecule has 0 radical (unpaired) electrons. The van der Waals surface area contributed by atoms with E-state index in [9.17, 15) is 4.79 Å². The summed E-state index contributed by atoms with van der Waals surface area (Å²) in [4.78, 5) is 14.8. The Morgan fingerprint density at radius 2 is 2.11 bits per heavy atom. The van der Waals surface area contributed by atoms with Crippen molar-refractivity contribution in [2.24, 2.45) is 5.92 Å². The van der Waals surface area contributed by atoms with Crippen molar-refractivity contribution in [3.63, 3.8) is 0 Å². The number of amides is 1. The summed E-state index contributed by atoms with van der Waals surface area (Å²) >= 11 is 0. The Labute approximate surface area is 160 Å². The van der Waals surface area contributed by atoms with E-state index in [1.54, 1.807) is 19.8 Å². The highest BCUT2D eigenvalue weighted by molar-refractivity contribution is 5.91. The minimum atomic E-state index is 0.0879. The number of carbonyl (C=O) groups excluding carboxylic acids is 1. The van der Waals surface area contributed by atoms with Crippen LogP contribution >= 0.6 is 0 Å². The fraction of sp³-hybridized carbons (Fsp3) is 0.550. The number of nitrogens with one attached hydrogen (secondary N) is 1. The van der Waals surface area contributed by atoms with Crippen LogP contribution in [0.2, 0.25) is 0 Å². The molecule has 3 rings (SSSR count). The SMILES string of the molecule is COc1ccc(NC(=O)CC[C@H]2CCCN(CCn3cnnc3)C2)c(C)c1. The van der Waals surface area contributed by atoms with Gasteiger partial charge in [-0.3, -0.25) is 4.79 Å². The molecule has 1 aromatic carbocycles. The van der Waals surface area contributed by atoms with Crippen LogP contribution in [0.15, 0.2) is 30.9 Å². The smallest absolute Gasteiger partial charge is 0.224 e. The Morgan fingerprint density at radius 1 is 1.30 bits per heavy atom. The van der Waals surface area contributed by atoms with Gasteiger partial charge in [-0.2, -0.15) is 0 Å². The predicted molar refractivity (Wildman–Crippen MR) is 105 cm³/mol. The lowest BCUT2D eigenvalue weighted by atomic mass is 9.93. The van der Waals surface area contributed by atoms with Crippen molar-refractivity contribution in [1.82, 2.24) is 19.7 Å². The van der Waals surface area contributed by atoms with Crippen molar-refractivity contribution < 1.29 is 9.53 Å². The third kappa shape index (κ3) is 5.79. The molecule has 7 heteroatoms. The summed E-state index contributed by atoms with van der Waals surface area (Å²) in [5.41, 5.74) is 1.88. The van der Waals surface area contributed by atoms with Gasteiger partial charge in [0.05, 0.1) is 7.11 Å². The second kappa shape index (κ2) is 9.50. The molecular formula is C20H29N5O2. The van der Waals surface area contributed by atoms with Crippen LogP contribution in [0, 0.1) is 12.8 Å². The fourth-order valence-electron chi connectivity index (χ4n) is 3.64. The van der Waals surface area contributed by atoms with E-state index in [-0.39, 0.29) is 5.91 Å². The molecule has 1 aliphatic rings. The molecule has 1 aromatic heterocycles. The molecule has 1 fully saturated rings. The van der Waals surface area contributed by atoms with Gasteiger partial charge in [0.25, 0.3) is 0 Å². The lowest BCUT2D eigenvalue weighted by Gasteiger charge is -2.32. The normalized spacial score (nSPS) is 17.6. The maximum absolute atomic E-state index is 12.4. The minimum absolute atomic E-state index is 0.0879. The quantitative estimate of drug-likeness (QED) is 0.772. The Bertz CT molecular complexity index is 732.